The highest BCUT2D eigenvalue weighted by molar-refractivity contribution is 7.19. The van der Waals surface area contributed by atoms with Crippen molar-refractivity contribution in [1.29, 1.82) is 5.26 Å². The Morgan fingerprint density at radius 2 is 2.12 bits per heavy atom. The number of aromatic nitrogens is 1. The van der Waals surface area contributed by atoms with Crippen LogP contribution < -0.4 is 0 Å². The Balaban J connectivity index is 2.59. The van der Waals surface area contributed by atoms with Crippen LogP contribution in [0.2, 0.25) is 9.49 Å². The molecule has 0 unspecified atom stereocenters. The molecular formula is C11H6Cl2N2S. The molecule has 0 saturated carbocycles. The second-order valence-corrected chi connectivity index (χ2v) is 5.28. The van der Waals surface area contributed by atoms with Gasteiger partial charge < -0.3 is 0 Å². The molecule has 2 heterocycles. The summed E-state index contributed by atoms with van der Waals surface area (Å²) in [6, 6.07) is 7.45. The van der Waals surface area contributed by atoms with Crippen LogP contribution in [0.5, 0.6) is 0 Å². The summed E-state index contributed by atoms with van der Waals surface area (Å²) in [5.74, 6) is 0. The smallest absolute Gasteiger partial charge is 0.147 e. The molecule has 0 aliphatic rings. The highest BCUT2D eigenvalue weighted by Crippen LogP contribution is 2.33. The summed E-state index contributed by atoms with van der Waals surface area (Å²) in [5, 5.41) is 9.04. The average molecular weight is 269 g/mol. The van der Waals surface area contributed by atoms with E-state index < -0.39 is 0 Å². The van der Waals surface area contributed by atoms with Gasteiger partial charge >= 0.3 is 0 Å². The third kappa shape index (κ3) is 2.05. The van der Waals surface area contributed by atoms with Crippen molar-refractivity contribution in [2.45, 2.75) is 6.92 Å². The zero-order valence-electron chi connectivity index (χ0n) is 8.29. The third-order valence-corrected chi connectivity index (χ3v) is 3.62. The number of halogens is 2. The largest absolute Gasteiger partial charge is 0.234 e. The summed E-state index contributed by atoms with van der Waals surface area (Å²) in [5.41, 5.74) is 2.09. The lowest BCUT2D eigenvalue weighted by atomic mass is 10.1. The van der Waals surface area contributed by atoms with Crippen molar-refractivity contribution in [3.8, 4) is 16.6 Å². The first-order chi connectivity index (χ1) is 7.61. The minimum Gasteiger partial charge on any atom is -0.234 e. The number of hydrogen-bond acceptors (Lipinski definition) is 3. The van der Waals surface area contributed by atoms with Crippen LogP contribution in [-0.2, 0) is 0 Å². The maximum Gasteiger partial charge on any atom is 0.147 e. The van der Waals surface area contributed by atoms with E-state index in [-0.39, 0.29) is 5.15 Å². The van der Waals surface area contributed by atoms with Crippen LogP contribution in [0, 0.1) is 18.3 Å². The molecule has 0 bridgehead atoms. The fourth-order valence-electron chi connectivity index (χ4n) is 1.36. The number of aryl methyl sites for hydroxylation is 1. The number of nitriles is 1. The molecule has 0 aromatic carbocycles. The third-order valence-electron chi connectivity index (χ3n) is 2.09. The lowest BCUT2D eigenvalue weighted by Gasteiger charge is -2.03. The van der Waals surface area contributed by atoms with Gasteiger partial charge in [-0.05, 0) is 30.7 Å². The maximum absolute atomic E-state index is 8.82. The minimum atomic E-state index is 0.229. The van der Waals surface area contributed by atoms with E-state index in [2.05, 4.69) is 4.98 Å². The minimum absolute atomic E-state index is 0.229. The van der Waals surface area contributed by atoms with Gasteiger partial charge in [0, 0.05) is 0 Å². The first-order valence-corrected chi connectivity index (χ1v) is 6.02. The zero-order chi connectivity index (χ0) is 11.7. The van der Waals surface area contributed by atoms with E-state index in [1.165, 1.54) is 11.3 Å². The molecule has 0 spiro atoms. The molecule has 0 N–H and O–H groups in total. The molecule has 2 rings (SSSR count). The van der Waals surface area contributed by atoms with E-state index in [0.717, 1.165) is 16.1 Å². The fourth-order valence-corrected chi connectivity index (χ4v) is 2.64. The summed E-state index contributed by atoms with van der Waals surface area (Å²) in [6.45, 7) is 1.90. The molecule has 2 nitrogen and oxygen atoms in total. The molecule has 0 aliphatic carbocycles. The molecule has 2 aromatic rings. The van der Waals surface area contributed by atoms with Crippen LogP contribution in [0.15, 0.2) is 18.2 Å². The van der Waals surface area contributed by atoms with E-state index >= 15 is 0 Å². The lowest BCUT2D eigenvalue weighted by molar-refractivity contribution is 1.26. The summed E-state index contributed by atoms with van der Waals surface area (Å²) in [4.78, 5) is 5.17. The molecule has 0 aliphatic heterocycles. The molecule has 5 heteroatoms. The van der Waals surface area contributed by atoms with Crippen LogP contribution in [0.1, 0.15) is 11.1 Å². The van der Waals surface area contributed by atoms with Crippen molar-refractivity contribution in [3.05, 3.63) is 38.8 Å². The standard InChI is InChI=1S/C11H6Cl2N2S/c1-6-4-7(5-14)11(13)15-10(6)8-2-3-9(12)16-8/h2-4H,1H3. The Bertz CT molecular complexity index is 584. The number of pyridine rings is 1. The van der Waals surface area contributed by atoms with Gasteiger partial charge in [-0.15, -0.1) is 11.3 Å². The topological polar surface area (TPSA) is 36.7 Å². The van der Waals surface area contributed by atoms with Gasteiger partial charge in [-0.2, -0.15) is 5.26 Å². The van der Waals surface area contributed by atoms with Gasteiger partial charge in [0.05, 0.1) is 20.5 Å². The zero-order valence-corrected chi connectivity index (χ0v) is 10.6. The molecular weight excluding hydrogens is 263 g/mol. The molecule has 0 radical (unpaired) electrons. The predicted octanol–water partition coefficient (Wildman–Crippen LogP) is 4.30. The van der Waals surface area contributed by atoms with Crippen LogP contribution in [0.3, 0.4) is 0 Å². The van der Waals surface area contributed by atoms with E-state index in [4.69, 9.17) is 28.5 Å². The predicted molar refractivity (Wildman–Crippen MR) is 67.0 cm³/mol. The molecule has 0 atom stereocenters. The summed E-state index contributed by atoms with van der Waals surface area (Å²) in [7, 11) is 0. The van der Waals surface area contributed by atoms with Crippen LogP contribution in [0.25, 0.3) is 10.6 Å². The Morgan fingerprint density at radius 3 is 2.69 bits per heavy atom. The van der Waals surface area contributed by atoms with Crippen molar-refractivity contribution < 1.29 is 0 Å². The van der Waals surface area contributed by atoms with Crippen molar-refractivity contribution in [2.75, 3.05) is 0 Å². The number of nitrogens with zero attached hydrogens (tertiary/aromatic N) is 2. The second-order valence-electron chi connectivity index (χ2n) is 3.21. The van der Waals surface area contributed by atoms with Crippen molar-refractivity contribution in [3.63, 3.8) is 0 Å². The Morgan fingerprint density at radius 1 is 1.38 bits per heavy atom. The van der Waals surface area contributed by atoms with Gasteiger partial charge in [0.1, 0.15) is 11.2 Å². The fraction of sp³-hybridized carbons (Fsp3) is 0.0909. The molecule has 80 valence electrons. The summed E-state index contributed by atoms with van der Waals surface area (Å²) >= 11 is 13.2. The van der Waals surface area contributed by atoms with E-state index in [1.54, 1.807) is 6.07 Å². The van der Waals surface area contributed by atoms with Crippen molar-refractivity contribution in [1.82, 2.24) is 4.98 Å². The molecule has 2 aromatic heterocycles. The number of hydrogen-bond donors (Lipinski definition) is 0. The van der Waals surface area contributed by atoms with Crippen LogP contribution in [0.4, 0.5) is 0 Å². The Kier molecular flexibility index (Phi) is 3.15. The monoisotopic (exact) mass is 268 g/mol. The molecule has 0 amide bonds. The van der Waals surface area contributed by atoms with E-state index in [1.807, 2.05) is 25.1 Å². The van der Waals surface area contributed by atoms with Crippen LogP contribution >= 0.6 is 34.5 Å². The van der Waals surface area contributed by atoms with Gasteiger partial charge in [-0.1, -0.05) is 23.2 Å². The SMILES string of the molecule is Cc1cc(C#N)c(Cl)nc1-c1ccc(Cl)s1. The highest BCUT2D eigenvalue weighted by atomic mass is 35.5. The van der Waals surface area contributed by atoms with E-state index in [0.29, 0.717) is 9.90 Å². The number of rotatable bonds is 1. The normalized spacial score (nSPS) is 10.1. The lowest BCUT2D eigenvalue weighted by Crippen LogP contribution is -1.90. The van der Waals surface area contributed by atoms with Gasteiger partial charge in [-0.3, -0.25) is 0 Å². The summed E-state index contributed by atoms with van der Waals surface area (Å²) in [6.07, 6.45) is 0. The summed E-state index contributed by atoms with van der Waals surface area (Å²) < 4.78 is 0.705. The maximum atomic E-state index is 8.82. The quantitative estimate of drug-likeness (QED) is 0.724. The van der Waals surface area contributed by atoms with Gasteiger partial charge in [0.25, 0.3) is 0 Å². The van der Waals surface area contributed by atoms with E-state index in [9.17, 15) is 0 Å². The highest BCUT2D eigenvalue weighted by Gasteiger charge is 2.10. The average Bonchev–Trinajstić information content (AvgIpc) is 2.67. The second kappa shape index (κ2) is 4.42. The first-order valence-electron chi connectivity index (χ1n) is 4.45. The molecule has 16 heavy (non-hydrogen) atoms. The Hall–Kier alpha value is -1.08. The number of thiophene rings is 1. The molecule has 0 saturated heterocycles. The van der Waals surface area contributed by atoms with Gasteiger partial charge in [0.15, 0.2) is 0 Å². The van der Waals surface area contributed by atoms with Crippen LogP contribution in [-0.4, -0.2) is 4.98 Å². The Labute approximate surface area is 107 Å². The first kappa shape index (κ1) is 11.4. The van der Waals surface area contributed by atoms with Gasteiger partial charge in [-0.25, -0.2) is 4.98 Å². The van der Waals surface area contributed by atoms with Gasteiger partial charge in [0.2, 0.25) is 0 Å². The molecule has 0 fully saturated rings. The van der Waals surface area contributed by atoms with Crippen molar-refractivity contribution >= 4 is 34.5 Å². The van der Waals surface area contributed by atoms with Crippen molar-refractivity contribution in [2.24, 2.45) is 0 Å².